The van der Waals surface area contributed by atoms with Gasteiger partial charge in [0.15, 0.2) is 12.4 Å². The SMILES string of the molecule is COc1ccc(C(=O)COC(=O)CNC(=O)c2ccc(C(C)(C)C)cc2)cc1Br. The van der Waals surface area contributed by atoms with E-state index < -0.39 is 12.6 Å². The summed E-state index contributed by atoms with van der Waals surface area (Å²) in [4.78, 5) is 36.2. The van der Waals surface area contributed by atoms with Gasteiger partial charge < -0.3 is 14.8 Å². The van der Waals surface area contributed by atoms with Crippen LogP contribution in [0.2, 0.25) is 0 Å². The number of ketones is 1. The van der Waals surface area contributed by atoms with Gasteiger partial charge in [-0.15, -0.1) is 0 Å². The smallest absolute Gasteiger partial charge is 0.325 e. The van der Waals surface area contributed by atoms with Crippen LogP contribution in [0.1, 0.15) is 47.1 Å². The first kappa shape index (κ1) is 22.6. The Balaban J connectivity index is 1.82. The van der Waals surface area contributed by atoms with E-state index in [1.807, 2.05) is 12.1 Å². The third-order valence-electron chi connectivity index (χ3n) is 4.24. The highest BCUT2D eigenvalue weighted by molar-refractivity contribution is 9.10. The van der Waals surface area contributed by atoms with Gasteiger partial charge in [0.1, 0.15) is 12.3 Å². The van der Waals surface area contributed by atoms with E-state index in [4.69, 9.17) is 9.47 Å². The van der Waals surface area contributed by atoms with Crippen LogP contribution in [0.15, 0.2) is 46.9 Å². The molecule has 0 saturated carbocycles. The van der Waals surface area contributed by atoms with Gasteiger partial charge >= 0.3 is 5.97 Å². The molecule has 0 spiro atoms. The molecule has 6 nitrogen and oxygen atoms in total. The van der Waals surface area contributed by atoms with E-state index >= 15 is 0 Å². The minimum absolute atomic E-state index is 0.00911. The summed E-state index contributed by atoms with van der Waals surface area (Å²) in [5.41, 5.74) is 1.93. The molecular formula is C22H24BrNO5. The molecule has 29 heavy (non-hydrogen) atoms. The molecule has 7 heteroatoms. The van der Waals surface area contributed by atoms with Gasteiger partial charge in [-0.25, -0.2) is 0 Å². The number of esters is 1. The highest BCUT2D eigenvalue weighted by atomic mass is 79.9. The molecule has 0 aliphatic carbocycles. The van der Waals surface area contributed by atoms with Gasteiger partial charge in [0.05, 0.1) is 11.6 Å². The second kappa shape index (κ2) is 9.69. The molecule has 2 rings (SSSR count). The third kappa shape index (κ3) is 6.42. The van der Waals surface area contributed by atoms with Crippen molar-refractivity contribution in [2.24, 2.45) is 0 Å². The maximum atomic E-state index is 12.2. The van der Waals surface area contributed by atoms with Crippen molar-refractivity contribution < 1.29 is 23.9 Å². The van der Waals surface area contributed by atoms with Gasteiger partial charge in [-0.3, -0.25) is 14.4 Å². The van der Waals surface area contributed by atoms with Crippen molar-refractivity contribution in [3.05, 3.63) is 63.6 Å². The largest absolute Gasteiger partial charge is 0.496 e. The van der Waals surface area contributed by atoms with Crippen molar-refractivity contribution in [3.8, 4) is 5.75 Å². The van der Waals surface area contributed by atoms with Crippen molar-refractivity contribution in [3.63, 3.8) is 0 Å². The summed E-state index contributed by atoms with van der Waals surface area (Å²) in [6.45, 7) is 5.53. The molecule has 0 unspecified atom stereocenters. The van der Waals surface area contributed by atoms with Gasteiger partial charge in [0, 0.05) is 11.1 Å². The molecule has 2 aromatic carbocycles. The third-order valence-corrected chi connectivity index (χ3v) is 4.86. The van der Waals surface area contributed by atoms with Crippen LogP contribution in [-0.4, -0.2) is 37.9 Å². The van der Waals surface area contributed by atoms with Crippen LogP contribution in [0.4, 0.5) is 0 Å². The molecule has 1 N–H and O–H groups in total. The lowest BCUT2D eigenvalue weighted by atomic mass is 9.87. The second-order valence-corrected chi connectivity index (χ2v) is 8.30. The van der Waals surface area contributed by atoms with Gasteiger partial charge in [-0.1, -0.05) is 32.9 Å². The predicted molar refractivity (Wildman–Crippen MR) is 113 cm³/mol. The number of halogens is 1. The van der Waals surface area contributed by atoms with Gasteiger partial charge in [-0.05, 0) is 57.2 Å². The fourth-order valence-corrected chi connectivity index (χ4v) is 3.04. The van der Waals surface area contributed by atoms with Crippen LogP contribution in [-0.2, 0) is 14.9 Å². The number of ether oxygens (including phenoxy) is 2. The Bertz CT molecular complexity index is 900. The Morgan fingerprint density at radius 3 is 2.17 bits per heavy atom. The van der Waals surface area contributed by atoms with E-state index in [0.717, 1.165) is 5.56 Å². The van der Waals surface area contributed by atoms with Gasteiger partial charge in [0.2, 0.25) is 0 Å². The maximum absolute atomic E-state index is 12.2. The van der Waals surface area contributed by atoms with E-state index in [1.54, 1.807) is 30.3 Å². The van der Waals surface area contributed by atoms with Crippen molar-refractivity contribution in [2.75, 3.05) is 20.3 Å². The maximum Gasteiger partial charge on any atom is 0.325 e. The lowest BCUT2D eigenvalue weighted by Gasteiger charge is -2.19. The zero-order valence-electron chi connectivity index (χ0n) is 16.9. The van der Waals surface area contributed by atoms with Crippen molar-refractivity contribution >= 4 is 33.6 Å². The molecule has 1 amide bonds. The molecule has 0 bridgehead atoms. The number of Topliss-reactive ketones (excluding diaryl/α,β-unsaturated/α-hetero) is 1. The summed E-state index contributed by atoms with van der Waals surface area (Å²) in [5, 5.41) is 2.50. The normalized spacial score (nSPS) is 10.9. The summed E-state index contributed by atoms with van der Waals surface area (Å²) >= 11 is 3.30. The summed E-state index contributed by atoms with van der Waals surface area (Å²) in [7, 11) is 1.52. The molecule has 0 heterocycles. The molecule has 0 radical (unpaired) electrons. The van der Waals surface area contributed by atoms with E-state index in [1.165, 1.54) is 7.11 Å². The Labute approximate surface area is 178 Å². The summed E-state index contributed by atoms with van der Waals surface area (Å²) < 4.78 is 10.7. The molecule has 0 aliphatic rings. The summed E-state index contributed by atoms with van der Waals surface area (Å²) in [6.07, 6.45) is 0. The molecule has 0 fully saturated rings. The topological polar surface area (TPSA) is 81.7 Å². The van der Waals surface area contributed by atoms with Crippen LogP contribution in [0.25, 0.3) is 0 Å². The highest BCUT2D eigenvalue weighted by Crippen LogP contribution is 2.25. The van der Waals surface area contributed by atoms with Crippen molar-refractivity contribution in [2.45, 2.75) is 26.2 Å². The average molecular weight is 462 g/mol. The molecule has 0 atom stereocenters. The van der Waals surface area contributed by atoms with Crippen molar-refractivity contribution in [1.29, 1.82) is 0 Å². The predicted octanol–water partition coefficient (Wildman–Crippen LogP) is 3.91. The zero-order valence-corrected chi connectivity index (χ0v) is 18.5. The zero-order chi connectivity index (χ0) is 21.6. The number of hydrogen-bond donors (Lipinski definition) is 1. The van der Waals surface area contributed by atoms with Crippen LogP contribution in [0.5, 0.6) is 5.75 Å². The molecular weight excluding hydrogens is 438 g/mol. The van der Waals surface area contributed by atoms with Crippen LogP contribution in [0, 0.1) is 0 Å². The fraction of sp³-hybridized carbons (Fsp3) is 0.318. The first-order valence-electron chi connectivity index (χ1n) is 9.03. The number of carbonyl (C=O) groups is 3. The number of hydrogen-bond acceptors (Lipinski definition) is 5. The van der Waals surface area contributed by atoms with Crippen LogP contribution in [0.3, 0.4) is 0 Å². The van der Waals surface area contributed by atoms with E-state index in [2.05, 4.69) is 42.0 Å². The van der Waals surface area contributed by atoms with Gasteiger partial charge in [0.25, 0.3) is 5.91 Å². The molecule has 2 aromatic rings. The second-order valence-electron chi connectivity index (χ2n) is 7.44. The first-order valence-corrected chi connectivity index (χ1v) is 9.82. The van der Waals surface area contributed by atoms with Crippen LogP contribution < -0.4 is 10.1 Å². The standard InChI is InChI=1S/C22H24BrNO5/c1-22(2,3)16-8-5-14(6-9-16)21(27)24-12-20(26)29-13-18(25)15-7-10-19(28-4)17(23)11-15/h5-11H,12-13H2,1-4H3,(H,24,27). The molecule has 0 aromatic heterocycles. The van der Waals surface area contributed by atoms with Gasteiger partial charge in [-0.2, -0.15) is 0 Å². The monoisotopic (exact) mass is 461 g/mol. The highest BCUT2D eigenvalue weighted by Gasteiger charge is 2.16. The fourth-order valence-electron chi connectivity index (χ4n) is 2.50. The number of rotatable bonds is 7. The minimum Gasteiger partial charge on any atom is -0.496 e. The number of amides is 1. The number of nitrogens with one attached hydrogen (secondary N) is 1. The first-order chi connectivity index (χ1) is 13.6. The number of methoxy groups -OCH3 is 1. The Morgan fingerprint density at radius 2 is 1.62 bits per heavy atom. The van der Waals surface area contributed by atoms with E-state index in [-0.39, 0.29) is 23.7 Å². The molecule has 0 aliphatic heterocycles. The lowest BCUT2D eigenvalue weighted by Crippen LogP contribution is -2.31. The Hall–Kier alpha value is -2.67. The van der Waals surface area contributed by atoms with E-state index in [9.17, 15) is 14.4 Å². The Morgan fingerprint density at radius 1 is 1.00 bits per heavy atom. The lowest BCUT2D eigenvalue weighted by molar-refractivity contribution is -0.141. The van der Waals surface area contributed by atoms with Crippen molar-refractivity contribution in [1.82, 2.24) is 5.32 Å². The minimum atomic E-state index is -0.689. The quantitative estimate of drug-likeness (QED) is 0.499. The van der Waals surface area contributed by atoms with E-state index in [0.29, 0.717) is 21.3 Å². The summed E-state index contributed by atoms with van der Waals surface area (Å²) in [5.74, 6) is -0.832. The Kier molecular flexibility index (Phi) is 7.56. The molecule has 154 valence electrons. The van der Waals surface area contributed by atoms with Crippen LogP contribution >= 0.6 is 15.9 Å². The summed E-state index contributed by atoms with van der Waals surface area (Å²) in [6, 6.07) is 12.0. The molecule has 0 saturated heterocycles. The average Bonchev–Trinajstić information content (AvgIpc) is 2.69. The number of benzene rings is 2. The number of carbonyl (C=O) groups excluding carboxylic acids is 3.